The van der Waals surface area contributed by atoms with Crippen LogP contribution in [0.5, 0.6) is 5.75 Å². The first kappa shape index (κ1) is 30.5. The van der Waals surface area contributed by atoms with E-state index >= 15 is 0 Å². The van der Waals surface area contributed by atoms with Crippen LogP contribution in [0.4, 0.5) is 5.69 Å². The van der Waals surface area contributed by atoms with Crippen molar-refractivity contribution in [2.75, 3.05) is 19.7 Å². The standard InChI is InChI=1S/C38H50N2O2/c1-5-30(33-14-13-27(2)28(3)21-33)17-19-39-38-16-15-34(22-29(38)4)32-11-8-12-37(23-32)42-26-36(41)25-40-20-18-31-9-6-7-10-35(31)24-40/h6-12,15-16,19,22-23,27-28,30,33,36,41H,5,13-14,17-18,20-21,24-26H2,1-4H3/t27-,28?,30?,33?,36?/m1/s1. The highest BCUT2D eigenvalue weighted by molar-refractivity contribution is 5.71. The molecule has 3 aromatic carbocycles. The molecule has 4 nitrogen and oxygen atoms in total. The van der Waals surface area contributed by atoms with Crippen LogP contribution >= 0.6 is 0 Å². The second-order valence-electron chi connectivity index (χ2n) is 13.0. The molecule has 4 unspecified atom stereocenters. The van der Waals surface area contributed by atoms with Gasteiger partial charge in [-0.3, -0.25) is 9.89 Å². The van der Waals surface area contributed by atoms with Gasteiger partial charge in [-0.15, -0.1) is 0 Å². The van der Waals surface area contributed by atoms with E-state index in [0.717, 1.165) is 72.2 Å². The molecule has 1 heterocycles. The second kappa shape index (κ2) is 14.5. The molecule has 224 valence electrons. The van der Waals surface area contributed by atoms with Crippen LogP contribution in [0.1, 0.15) is 69.6 Å². The van der Waals surface area contributed by atoms with Gasteiger partial charge < -0.3 is 9.84 Å². The molecule has 2 aliphatic rings. The van der Waals surface area contributed by atoms with Crippen LogP contribution in [0.3, 0.4) is 0 Å². The summed E-state index contributed by atoms with van der Waals surface area (Å²) < 4.78 is 6.04. The maximum absolute atomic E-state index is 10.7. The van der Waals surface area contributed by atoms with Crippen molar-refractivity contribution in [1.82, 2.24) is 4.90 Å². The molecule has 1 aliphatic heterocycles. The van der Waals surface area contributed by atoms with E-state index in [1.165, 1.54) is 42.4 Å². The molecule has 1 aliphatic carbocycles. The first-order valence-corrected chi connectivity index (χ1v) is 16.2. The molecule has 0 radical (unpaired) electrons. The molecule has 5 rings (SSSR count). The molecule has 0 saturated heterocycles. The summed E-state index contributed by atoms with van der Waals surface area (Å²) in [5, 5.41) is 10.7. The first-order valence-electron chi connectivity index (χ1n) is 16.2. The predicted molar refractivity (Wildman–Crippen MR) is 176 cm³/mol. The maximum Gasteiger partial charge on any atom is 0.120 e. The van der Waals surface area contributed by atoms with E-state index < -0.39 is 6.10 Å². The van der Waals surface area contributed by atoms with E-state index in [9.17, 15) is 5.11 Å². The van der Waals surface area contributed by atoms with Crippen LogP contribution < -0.4 is 4.74 Å². The lowest BCUT2D eigenvalue weighted by Crippen LogP contribution is -2.38. The van der Waals surface area contributed by atoms with Crippen LogP contribution in [0.15, 0.2) is 71.7 Å². The molecule has 0 aromatic heterocycles. The van der Waals surface area contributed by atoms with Gasteiger partial charge in [0.15, 0.2) is 0 Å². The molecule has 0 amide bonds. The van der Waals surface area contributed by atoms with E-state index in [-0.39, 0.29) is 6.61 Å². The molecule has 1 fully saturated rings. The fraction of sp³-hybridized carbons (Fsp3) is 0.500. The Morgan fingerprint density at radius 2 is 1.79 bits per heavy atom. The van der Waals surface area contributed by atoms with E-state index in [2.05, 4.69) is 93.4 Å². The molecule has 0 spiro atoms. The number of aryl methyl sites for hydroxylation is 1. The Balaban J connectivity index is 1.13. The smallest absolute Gasteiger partial charge is 0.120 e. The Morgan fingerprint density at radius 1 is 0.976 bits per heavy atom. The van der Waals surface area contributed by atoms with Gasteiger partial charge in [-0.2, -0.15) is 0 Å². The minimum atomic E-state index is -0.532. The molecule has 0 bridgehead atoms. The third-order valence-corrected chi connectivity index (χ3v) is 9.95. The fourth-order valence-electron chi connectivity index (χ4n) is 6.99. The summed E-state index contributed by atoms with van der Waals surface area (Å²) in [5.41, 5.74) is 7.29. The molecule has 42 heavy (non-hydrogen) atoms. The van der Waals surface area contributed by atoms with E-state index in [1.807, 2.05) is 12.1 Å². The molecule has 4 heteroatoms. The summed E-state index contributed by atoms with van der Waals surface area (Å²) in [6.07, 6.45) is 9.10. The van der Waals surface area contributed by atoms with Gasteiger partial charge in [0.2, 0.25) is 0 Å². The van der Waals surface area contributed by atoms with Gasteiger partial charge in [0.25, 0.3) is 0 Å². The monoisotopic (exact) mass is 566 g/mol. The molecular weight excluding hydrogens is 516 g/mol. The molecule has 3 aromatic rings. The number of hydrogen-bond acceptors (Lipinski definition) is 4. The quantitative estimate of drug-likeness (QED) is 0.236. The van der Waals surface area contributed by atoms with Crippen molar-refractivity contribution in [3.63, 3.8) is 0 Å². The minimum absolute atomic E-state index is 0.284. The Labute approximate surface area is 253 Å². The van der Waals surface area contributed by atoms with Crippen LogP contribution in [-0.4, -0.2) is 42.0 Å². The van der Waals surface area contributed by atoms with E-state index in [4.69, 9.17) is 9.73 Å². The van der Waals surface area contributed by atoms with E-state index in [0.29, 0.717) is 6.54 Å². The molecule has 5 atom stereocenters. The topological polar surface area (TPSA) is 45.1 Å². The number of β-amino-alcohol motifs (C(OH)–C–C–N with tert-alkyl or cyclic N) is 1. The van der Waals surface area contributed by atoms with Crippen molar-refractivity contribution < 1.29 is 9.84 Å². The van der Waals surface area contributed by atoms with Gasteiger partial charge in [-0.1, -0.05) is 76.1 Å². The van der Waals surface area contributed by atoms with Crippen molar-refractivity contribution in [3.8, 4) is 16.9 Å². The number of rotatable bonds is 11. The highest BCUT2D eigenvalue weighted by Crippen LogP contribution is 2.39. The Kier molecular flexibility index (Phi) is 10.5. The van der Waals surface area contributed by atoms with Gasteiger partial charge in [0.05, 0.1) is 5.69 Å². The Hall–Kier alpha value is -2.95. The zero-order chi connectivity index (χ0) is 29.5. The summed E-state index contributed by atoms with van der Waals surface area (Å²) in [7, 11) is 0. The number of aliphatic imine (C=N–C) groups is 1. The lowest BCUT2D eigenvalue weighted by Gasteiger charge is -2.36. The number of fused-ring (bicyclic) bond motifs is 1. The van der Waals surface area contributed by atoms with Crippen molar-refractivity contribution in [3.05, 3.63) is 83.4 Å². The molecule has 1 N–H and O–H groups in total. The van der Waals surface area contributed by atoms with Crippen LogP contribution in [0.2, 0.25) is 0 Å². The number of ether oxygens (including phenoxy) is 1. The minimum Gasteiger partial charge on any atom is -0.491 e. The van der Waals surface area contributed by atoms with Gasteiger partial charge in [-0.25, -0.2) is 0 Å². The molecule has 1 saturated carbocycles. The van der Waals surface area contributed by atoms with E-state index in [1.54, 1.807) is 0 Å². The highest BCUT2D eigenvalue weighted by atomic mass is 16.5. The normalized spacial score (nSPS) is 22.5. The van der Waals surface area contributed by atoms with Crippen molar-refractivity contribution in [2.45, 2.75) is 78.9 Å². The zero-order valence-corrected chi connectivity index (χ0v) is 26.1. The van der Waals surface area contributed by atoms with Crippen LogP contribution in [0, 0.1) is 30.6 Å². The van der Waals surface area contributed by atoms with Gasteiger partial charge >= 0.3 is 0 Å². The average molecular weight is 567 g/mol. The van der Waals surface area contributed by atoms with Gasteiger partial charge in [-0.05, 0) is 108 Å². The number of hydrogen-bond donors (Lipinski definition) is 1. The van der Waals surface area contributed by atoms with Crippen molar-refractivity contribution in [2.24, 2.45) is 28.7 Å². The number of benzene rings is 3. The lowest BCUT2D eigenvalue weighted by molar-refractivity contribution is 0.0638. The summed E-state index contributed by atoms with van der Waals surface area (Å²) in [6.45, 7) is 12.1. The van der Waals surface area contributed by atoms with Crippen molar-refractivity contribution >= 4 is 11.9 Å². The molecular formula is C38H50N2O2. The fourth-order valence-corrected chi connectivity index (χ4v) is 6.99. The van der Waals surface area contributed by atoms with Gasteiger partial charge in [0.1, 0.15) is 18.5 Å². The summed E-state index contributed by atoms with van der Waals surface area (Å²) in [6, 6.07) is 23.3. The largest absolute Gasteiger partial charge is 0.491 e. The Morgan fingerprint density at radius 3 is 2.57 bits per heavy atom. The Bertz CT molecular complexity index is 1330. The first-order chi connectivity index (χ1) is 20.4. The van der Waals surface area contributed by atoms with Crippen molar-refractivity contribution in [1.29, 1.82) is 0 Å². The summed E-state index contributed by atoms with van der Waals surface area (Å²) in [4.78, 5) is 7.22. The third-order valence-electron chi connectivity index (χ3n) is 9.95. The van der Waals surface area contributed by atoms with Crippen LogP contribution in [-0.2, 0) is 13.0 Å². The SMILES string of the molecule is CCC(CC=Nc1ccc(-c2cccc(OCC(O)CN3CCc4ccccc4C3)c2)cc1C)C1CC[C@@H](C)C(C)C1. The zero-order valence-electron chi connectivity index (χ0n) is 26.1. The summed E-state index contributed by atoms with van der Waals surface area (Å²) in [5.74, 6) is 4.08. The second-order valence-corrected chi connectivity index (χ2v) is 13.0. The summed E-state index contributed by atoms with van der Waals surface area (Å²) >= 11 is 0. The third kappa shape index (κ3) is 7.90. The maximum atomic E-state index is 10.7. The van der Waals surface area contributed by atoms with Gasteiger partial charge in [0, 0.05) is 25.8 Å². The number of aliphatic hydroxyl groups is 1. The van der Waals surface area contributed by atoms with Crippen LogP contribution in [0.25, 0.3) is 11.1 Å². The number of aliphatic hydroxyl groups excluding tert-OH is 1. The number of nitrogens with zero attached hydrogens (tertiary/aromatic N) is 2. The highest BCUT2D eigenvalue weighted by Gasteiger charge is 2.28. The predicted octanol–water partition coefficient (Wildman–Crippen LogP) is 8.65. The lowest BCUT2D eigenvalue weighted by atomic mass is 9.70. The average Bonchev–Trinajstić information content (AvgIpc) is 3.00.